The van der Waals surface area contributed by atoms with Crippen LogP contribution in [0.1, 0.15) is 116 Å². The highest BCUT2D eigenvalue weighted by molar-refractivity contribution is 7.38. The Kier molecular flexibility index (Phi) is 14.2. The minimum absolute atomic E-state index is 1.04. The lowest BCUT2D eigenvalue weighted by molar-refractivity contribution is 0.508. The Bertz CT molecular complexity index is 190. The smallest absolute Gasteiger partial charge is 0.0170 e. The molecular formula is C20H40P. The summed E-state index contributed by atoms with van der Waals surface area (Å²) in [5.74, 6) is 0. The number of unbranched alkanes of at least 4 members (excludes halogenated alkanes) is 5. The molecule has 1 radical (unpaired) electrons. The van der Waals surface area contributed by atoms with E-state index in [9.17, 15) is 0 Å². The molecule has 0 saturated heterocycles. The number of hydrogen-bond acceptors (Lipinski definition) is 0. The fourth-order valence-electron chi connectivity index (χ4n) is 3.49. The number of rotatable bonds is 8. The molecule has 0 spiro atoms. The first-order chi connectivity index (χ1) is 10.4. The van der Waals surface area contributed by atoms with Crippen molar-refractivity contribution in [2.24, 2.45) is 0 Å². The van der Waals surface area contributed by atoms with Gasteiger partial charge in [0.1, 0.15) is 0 Å². The molecule has 0 aliphatic heterocycles. The second-order valence-corrected chi connectivity index (χ2v) is 8.63. The van der Waals surface area contributed by atoms with E-state index in [1.165, 1.54) is 115 Å². The van der Waals surface area contributed by atoms with Crippen molar-refractivity contribution < 1.29 is 0 Å². The third kappa shape index (κ3) is 12.6. The van der Waals surface area contributed by atoms with Crippen molar-refractivity contribution in [3.8, 4) is 0 Å². The molecule has 0 aromatic rings. The van der Waals surface area contributed by atoms with Crippen LogP contribution >= 0.6 is 8.58 Å². The summed E-state index contributed by atoms with van der Waals surface area (Å²) in [6.45, 7) is 2.31. The van der Waals surface area contributed by atoms with Crippen LogP contribution in [0.2, 0.25) is 0 Å². The highest BCUT2D eigenvalue weighted by Crippen LogP contribution is 2.31. The molecule has 0 heterocycles. The average molecular weight is 312 g/mol. The molecule has 125 valence electrons. The van der Waals surface area contributed by atoms with Gasteiger partial charge in [0.05, 0.1) is 0 Å². The van der Waals surface area contributed by atoms with Gasteiger partial charge in [0.2, 0.25) is 0 Å². The van der Waals surface area contributed by atoms with E-state index in [2.05, 4.69) is 6.92 Å². The van der Waals surface area contributed by atoms with Gasteiger partial charge in [0.25, 0.3) is 0 Å². The van der Waals surface area contributed by atoms with Gasteiger partial charge in [-0.05, 0) is 31.1 Å². The SMILES string of the molecule is CCCCCCCC[P]C1CCCCCCCCCCC1. The Morgan fingerprint density at radius 3 is 1.67 bits per heavy atom. The standard InChI is InChI=1S/C20H40P/c1-2-3-4-5-13-16-19-21-20-17-14-11-9-7-6-8-10-12-15-18-20/h20H,2-19H2,1H3. The first-order valence-corrected chi connectivity index (χ1v) is 11.2. The van der Waals surface area contributed by atoms with Crippen LogP contribution in [-0.4, -0.2) is 11.8 Å². The van der Waals surface area contributed by atoms with Crippen molar-refractivity contribution in [2.75, 3.05) is 6.16 Å². The van der Waals surface area contributed by atoms with Gasteiger partial charge >= 0.3 is 0 Å². The molecule has 1 aliphatic rings. The van der Waals surface area contributed by atoms with E-state index in [0.29, 0.717) is 0 Å². The third-order valence-corrected chi connectivity index (χ3v) is 6.58. The van der Waals surface area contributed by atoms with Gasteiger partial charge in [-0.15, -0.1) is 0 Å². The van der Waals surface area contributed by atoms with Gasteiger partial charge in [-0.3, -0.25) is 0 Å². The Balaban J connectivity index is 2.05. The van der Waals surface area contributed by atoms with E-state index in [-0.39, 0.29) is 0 Å². The zero-order valence-corrected chi connectivity index (χ0v) is 15.6. The summed E-state index contributed by atoms with van der Waals surface area (Å²) in [6, 6.07) is 0. The topological polar surface area (TPSA) is 0 Å². The molecule has 0 atom stereocenters. The van der Waals surface area contributed by atoms with Gasteiger partial charge < -0.3 is 0 Å². The fourth-order valence-corrected chi connectivity index (χ4v) is 4.99. The van der Waals surface area contributed by atoms with Crippen LogP contribution < -0.4 is 0 Å². The first-order valence-electron chi connectivity index (χ1n) is 10.1. The molecular weight excluding hydrogens is 271 g/mol. The lowest BCUT2D eigenvalue weighted by Crippen LogP contribution is -2.03. The molecule has 0 aromatic carbocycles. The Labute approximate surface area is 137 Å². The van der Waals surface area contributed by atoms with Crippen molar-refractivity contribution in [2.45, 2.75) is 122 Å². The fraction of sp³-hybridized carbons (Fsp3) is 1.00. The quantitative estimate of drug-likeness (QED) is 0.315. The van der Waals surface area contributed by atoms with Gasteiger partial charge in [0, 0.05) is 0 Å². The van der Waals surface area contributed by atoms with Gasteiger partial charge in [-0.2, -0.15) is 0 Å². The molecule has 0 N–H and O–H groups in total. The van der Waals surface area contributed by atoms with E-state index in [4.69, 9.17) is 0 Å². The Morgan fingerprint density at radius 1 is 0.619 bits per heavy atom. The summed E-state index contributed by atoms with van der Waals surface area (Å²) in [6.07, 6.45) is 26.8. The van der Waals surface area contributed by atoms with E-state index < -0.39 is 0 Å². The van der Waals surface area contributed by atoms with Gasteiger partial charge in [-0.1, -0.05) is 105 Å². The summed E-state index contributed by atoms with van der Waals surface area (Å²) in [5.41, 5.74) is 1.04. The molecule has 1 fully saturated rings. The summed E-state index contributed by atoms with van der Waals surface area (Å²) in [4.78, 5) is 0. The normalized spacial score (nSPS) is 20.4. The predicted octanol–water partition coefficient (Wildman–Crippen LogP) is 7.97. The maximum atomic E-state index is 2.31. The van der Waals surface area contributed by atoms with E-state index in [0.717, 1.165) is 5.66 Å². The van der Waals surface area contributed by atoms with Crippen LogP contribution in [-0.2, 0) is 0 Å². The Hall–Kier alpha value is 0.430. The van der Waals surface area contributed by atoms with E-state index >= 15 is 0 Å². The summed E-state index contributed by atoms with van der Waals surface area (Å²) in [7, 11) is 1.79. The van der Waals surface area contributed by atoms with Crippen LogP contribution in [0.4, 0.5) is 0 Å². The summed E-state index contributed by atoms with van der Waals surface area (Å²) in [5, 5.41) is 0. The third-order valence-electron chi connectivity index (χ3n) is 4.97. The molecule has 0 amide bonds. The maximum absolute atomic E-state index is 2.31. The second kappa shape index (κ2) is 15.3. The summed E-state index contributed by atoms with van der Waals surface area (Å²) < 4.78 is 0. The minimum atomic E-state index is 1.04. The van der Waals surface area contributed by atoms with E-state index in [1.807, 2.05) is 0 Å². The molecule has 1 rings (SSSR count). The molecule has 0 nitrogen and oxygen atoms in total. The zero-order chi connectivity index (χ0) is 15.0. The molecule has 21 heavy (non-hydrogen) atoms. The largest absolute Gasteiger partial charge is 0.0775 e. The van der Waals surface area contributed by atoms with Crippen LogP contribution in [0, 0.1) is 0 Å². The van der Waals surface area contributed by atoms with Gasteiger partial charge in [-0.25, -0.2) is 0 Å². The molecule has 0 aromatic heterocycles. The molecule has 0 bridgehead atoms. The van der Waals surface area contributed by atoms with Crippen molar-refractivity contribution in [1.82, 2.24) is 0 Å². The lowest BCUT2D eigenvalue weighted by atomic mass is 10.0. The monoisotopic (exact) mass is 311 g/mol. The van der Waals surface area contributed by atoms with Crippen LogP contribution in [0.3, 0.4) is 0 Å². The van der Waals surface area contributed by atoms with Crippen molar-refractivity contribution in [3.05, 3.63) is 0 Å². The molecule has 1 heteroatoms. The van der Waals surface area contributed by atoms with Crippen LogP contribution in [0.5, 0.6) is 0 Å². The lowest BCUT2D eigenvalue weighted by Gasteiger charge is -2.17. The minimum Gasteiger partial charge on any atom is -0.0775 e. The number of hydrogen-bond donors (Lipinski definition) is 0. The van der Waals surface area contributed by atoms with Gasteiger partial charge in [0.15, 0.2) is 0 Å². The second-order valence-electron chi connectivity index (χ2n) is 7.09. The molecule has 1 saturated carbocycles. The highest BCUT2D eigenvalue weighted by atomic mass is 31.1. The average Bonchev–Trinajstić information content (AvgIpc) is 2.48. The van der Waals surface area contributed by atoms with Crippen molar-refractivity contribution in [1.29, 1.82) is 0 Å². The first kappa shape index (κ1) is 19.5. The predicted molar refractivity (Wildman–Crippen MR) is 99.7 cm³/mol. The molecule has 0 unspecified atom stereocenters. The van der Waals surface area contributed by atoms with Crippen LogP contribution in [0.15, 0.2) is 0 Å². The van der Waals surface area contributed by atoms with Crippen molar-refractivity contribution >= 4 is 8.58 Å². The van der Waals surface area contributed by atoms with E-state index in [1.54, 1.807) is 8.58 Å². The Morgan fingerprint density at radius 2 is 1.10 bits per heavy atom. The maximum Gasteiger partial charge on any atom is -0.0170 e. The van der Waals surface area contributed by atoms with Crippen molar-refractivity contribution in [3.63, 3.8) is 0 Å². The summed E-state index contributed by atoms with van der Waals surface area (Å²) >= 11 is 0. The molecule has 1 aliphatic carbocycles. The highest BCUT2D eigenvalue weighted by Gasteiger charge is 2.09. The van der Waals surface area contributed by atoms with Crippen LogP contribution in [0.25, 0.3) is 0 Å². The zero-order valence-electron chi connectivity index (χ0n) is 14.8.